The lowest BCUT2D eigenvalue weighted by Crippen LogP contribution is -2.14. The van der Waals surface area contributed by atoms with E-state index in [2.05, 4.69) is 12.2 Å². The zero-order chi connectivity index (χ0) is 21.5. The average molecular weight is 452 g/mol. The maximum Gasteiger partial charge on any atom is 0.234 e. The minimum Gasteiger partial charge on any atom is -0.325 e. The van der Waals surface area contributed by atoms with E-state index in [1.165, 1.54) is 40.9 Å². The first-order valence-corrected chi connectivity index (χ1v) is 12.6. The molecule has 0 spiro atoms. The number of anilines is 1. The maximum atomic E-state index is 12.6. The molecule has 0 aliphatic heterocycles. The number of aromatic nitrogens is 2. The lowest BCUT2D eigenvalue weighted by molar-refractivity contribution is -0.113. The highest BCUT2D eigenvalue weighted by Gasteiger charge is 2.30. The van der Waals surface area contributed by atoms with Crippen molar-refractivity contribution < 1.29 is 9.59 Å². The molecule has 2 aromatic heterocycles. The Morgan fingerprint density at radius 1 is 1.23 bits per heavy atom. The normalized spacial score (nSPS) is 18.1. The van der Waals surface area contributed by atoms with E-state index in [1.54, 1.807) is 24.3 Å². The van der Waals surface area contributed by atoms with Crippen LogP contribution in [-0.2, 0) is 17.6 Å². The van der Waals surface area contributed by atoms with Gasteiger partial charge in [-0.25, -0.2) is 9.97 Å². The number of nitrogens with one attached hydrogen (secondary N) is 1. The van der Waals surface area contributed by atoms with Crippen LogP contribution in [0.5, 0.6) is 0 Å². The Balaban J connectivity index is 1.38. The van der Waals surface area contributed by atoms with Crippen LogP contribution < -0.4 is 5.32 Å². The Kier molecular flexibility index (Phi) is 5.56. The fraction of sp³-hybridized carbons (Fsp3) is 0.417. The second kappa shape index (κ2) is 8.36. The van der Waals surface area contributed by atoms with Gasteiger partial charge < -0.3 is 5.32 Å². The molecule has 2 heterocycles. The molecular formula is C24H25N3O2S2. The van der Waals surface area contributed by atoms with Crippen molar-refractivity contribution in [3.8, 4) is 0 Å². The van der Waals surface area contributed by atoms with Crippen LogP contribution in [-0.4, -0.2) is 27.4 Å². The number of amides is 1. The molecule has 2 aliphatic rings. The zero-order valence-corrected chi connectivity index (χ0v) is 19.4. The number of thiophene rings is 1. The number of benzene rings is 1. The minimum atomic E-state index is -0.0943. The Labute approximate surface area is 190 Å². The van der Waals surface area contributed by atoms with Gasteiger partial charge in [0.25, 0.3) is 0 Å². The Morgan fingerprint density at radius 3 is 2.84 bits per heavy atom. The van der Waals surface area contributed by atoms with E-state index < -0.39 is 0 Å². The molecule has 7 heteroatoms. The highest BCUT2D eigenvalue weighted by Crippen LogP contribution is 2.44. The molecule has 1 saturated carbocycles. The van der Waals surface area contributed by atoms with Gasteiger partial charge in [-0.05, 0) is 62.6 Å². The fourth-order valence-corrected chi connectivity index (χ4v) is 6.42. The van der Waals surface area contributed by atoms with Gasteiger partial charge in [-0.3, -0.25) is 9.59 Å². The van der Waals surface area contributed by atoms with Gasteiger partial charge >= 0.3 is 0 Å². The van der Waals surface area contributed by atoms with Crippen LogP contribution in [0.2, 0.25) is 0 Å². The van der Waals surface area contributed by atoms with Crippen LogP contribution >= 0.6 is 23.1 Å². The van der Waals surface area contributed by atoms with Crippen LogP contribution in [0.15, 0.2) is 29.3 Å². The summed E-state index contributed by atoms with van der Waals surface area (Å²) in [5.41, 5.74) is 2.64. The average Bonchev–Trinajstić information content (AvgIpc) is 3.53. The second-order valence-corrected chi connectivity index (χ2v) is 10.7. The maximum absolute atomic E-state index is 12.6. The van der Waals surface area contributed by atoms with Crippen LogP contribution in [0.25, 0.3) is 10.2 Å². The monoisotopic (exact) mass is 451 g/mol. The second-order valence-electron chi connectivity index (χ2n) is 8.67. The molecule has 1 N–H and O–H groups in total. The number of Topliss-reactive ketones (excluding diaryl/α,β-unsaturated/α-hetero) is 1. The number of carbonyl (C=O) groups is 2. The molecular weight excluding hydrogens is 426 g/mol. The predicted molar refractivity (Wildman–Crippen MR) is 126 cm³/mol. The van der Waals surface area contributed by atoms with Gasteiger partial charge in [0.1, 0.15) is 15.7 Å². The summed E-state index contributed by atoms with van der Waals surface area (Å²) in [4.78, 5) is 36.6. The SMILES string of the molecule is CC(=O)c1cccc(NC(=O)CSc2nc(C3CC3)nc3sc4c(c23)CC[C@@H](C)C4)c1. The topological polar surface area (TPSA) is 72.0 Å². The largest absolute Gasteiger partial charge is 0.325 e. The fourth-order valence-electron chi connectivity index (χ4n) is 4.10. The van der Waals surface area contributed by atoms with Crippen LogP contribution in [0.3, 0.4) is 0 Å². The third kappa shape index (κ3) is 4.39. The van der Waals surface area contributed by atoms with Crippen LogP contribution in [0, 0.1) is 5.92 Å². The van der Waals surface area contributed by atoms with Crippen molar-refractivity contribution in [1.82, 2.24) is 9.97 Å². The third-order valence-electron chi connectivity index (χ3n) is 5.97. The van der Waals surface area contributed by atoms with E-state index in [1.807, 2.05) is 11.3 Å². The van der Waals surface area contributed by atoms with E-state index in [0.29, 0.717) is 23.1 Å². The van der Waals surface area contributed by atoms with Gasteiger partial charge in [0.05, 0.1) is 5.75 Å². The van der Waals surface area contributed by atoms with Crippen molar-refractivity contribution in [1.29, 1.82) is 0 Å². The number of ketones is 1. The first-order valence-electron chi connectivity index (χ1n) is 10.8. The van der Waals surface area contributed by atoms with Crippen molar-refractivity contribution in [2.45, 2.75) is 56.9 Å². The summed E-state index contributed by atoms with van der Waals surface area (Å²) in [5.74, 6) is 2.30. The Morgan fingerprint density at radius 2 is 2.06 bits per heavy atom. The number of nitrogens with zero attached hydrogens (tertiary/aromatic N) is 2. The van der Waals surface area contributed by atoms with E-state index in [4.69, 9.17) is 9.97 Å². The molecule has 0 unspecified atom stereocenters. The van der Waals surface area contributed by atoms with E-state index in [9.17, 15) is 9.59 Å². The summed E-state index contributed by atoms with van der Waals surface area (Å²) in [7, 11) is 0. The summed E-state index contributed by atoms with van der Waals surface area (Å²) in [5, 5.41) is 5.04. The minimum absolute atomic E-state index is 0.0157. The van der Waals surface area contributed by atoms with Crippen molar-refractivity contribution in [2.75, 3.05) is 11.1 Å². The first kappa shape index (κ1) is 20.6. The summed E-state index contributed by atoms with van der Waals surface area (Å²) in [6.07, 6.45) is 5.70. The quantitative estimate of drug-likeness (QED) is 0.299. The summed E-state index contributed by atoms with van der Waals surface area (Å²) in [6.45, 7) is 3.84. The van der Waals surface area contributed by atoms with E-state index >= 15 is 0 Å². The number of thioether (sulfide) groups is 1. The van der Waals surface area contributed by atoms with Crippen molar-refractivity contribution in [3.05, 3.63) is 46.1 Å². The number of hydrogen-bond acceptors (Lipinski definition) is 6. The Hall–Kier alpha value is -2.25. The molecule has 5 rings (SSSR count). The molecule has 5 nitrogen and oxygen atoms in total. The number of aryl methyl sites for hydroxylation is 1. The van der Waals surface area contributed by atoms with Gasteiger partial charge in [0, 0.05) is 27.4 Å². The van der Waals surface area contributed by atoms with Crippen molar-refractivity contribution in [2.24, 2.45) is 5.92 Å². The number of rotatable bonds is 6. The van der Waals surface area contributed by atoms with E-state index in [0.717, 1.165) is 41.4 Å². The molecule has 2 aliphatic carbocycles. The van der Waals surface area contributed by atoms with Crippen LogP contribution in [0.4, 0.5) is 5.69 Å². The standard InChI is InChI=1S/C24H25N3O2S2/c1-13-6-9-18-19(10-13)31-24-21(18)23(26-22(27-24)15-7-8-15)30-12-20(29)25-17-5-3-4-16(11-17)14(2)28/h3-5,11,13,15H,6-10,12H2,1-2H3,(H,25,29)/t13-/m1/s1. The van der Waals surface area contributed by atoms with Crippen molar-refractivity contribution in [3.63, 3.8) is 0 Å². The lowest BCUT2D eigenvalue weighted by Gasteiger charge is -2.18. The first-order chi connectivity index (χ1) is 15.0. The van der Waals surface area contributed by atoms with Crippen LogP contribution in [0.1, 0.15) is 65.7 Å². The number of hydrogen-bond donors (Lipinski definition) is 1. The third-order valence-corrected chi connectivity index (χ3v) is 8.10. The summed E-state index contributed by atoms with van der Waals surface area (Å²) >= 11 is 3.32. The van der Waals surface area contributed by atoms with E-state index in [-0.39, 0.29) is 17.4 Å². The highest BCUT2D eigenvalue weighted by molar-refractivity contribution is 8.00. The van der Waals surface area contributed by atoms with Gasteiger partial charge in [0.15, 0.2) is 5.78 Å². The Bertz CT molecular complexity index is 1180. The molecule has 0 bridgehead atoms. The molecule has 31 heavy (non-hydrogen) atoms. The molecule has 1 aromatic carbocycles. The van der Waals surface area contributed by atoms with Gasteiger partial charge in [0.2, 0.25) is 5.91 Å². The molecule has 0 saturated heterocycles. The summed E-state index contributed by atoms with van der Waals surface area (Å²) < 4.78 is 0. The molecule has 1 atom stereocenters. The molecule has 160 valence electrons. The zero-order valence-electron chi connectivity index (χ0n) is 17.7. The molecule has 0 radical (unpaired) electrons. The van der Waals surface area contributed by atoms with Gasteiger partial charge in [-0.2, -0.15) is 0 Å². The predicted octanol–water partition coefficient (Wildman–Crippen LogP) is 5.63. The molecule has 3 aromatic rings. The van der Waals surface area contributed by atoms with Gasteiger partial charge in [-0.1, -0.05) is 30.8 Å². The van der Waals surface area contributed by atoms with Gasteiger partial charge in [-0.15, -0.1) is 11.3 Å². The lowest BCUT2D eigenvalue weighted by atomic mass is 9.89. The molecule has 1 amide bonds. The summed E-state index contributed by atoms with van der Waals surface area (Å²) in [6, 6.07) is 7.06. The highest BCUT2D eigenvalue weighted by atomic mass is 32.2. The molecule has 1 fully saturated rings. The smallest absolute Gasteiger partial charge is 0.234 e. The number of carbonyl (C=O) groups excluding carboxylic acids is 2. The van der Waals surface area contributed by atoms with Crippen molar-refractivity contribution >= 4 is 50.7 Å². The number of fused-ring (bicyclic) bond motifs is 3.